The maximum absolute atomic E-state index is 2.43. The minimum atomic E-state index is 1.10. The van der Waals surface area contributed by atoms with E-state index in [-0.39, 0.29) is 0 Å². The molecule has 0 bridgehead atoms. The zero-order chi connectivity index (χ0) is 41.0. The maximum atomic E-state index is 2.43. The monoisotopic (exact) mass is 788 g/mol. The average Bonchev–Trinajstić information content (AvgIpc) is 3.68. The van der Waals surface area contributed by atoms with Crippen molar-refractivity contribution in [3.8, 4) is 39.1 Å². The normalized spacial score (nSPS) is 11.5. The highest BCUT2D eigenvalue weighted by Gasteiger charge is 2.20. The standard InChI is InChI=1S/C60H40N2/c1-4-18-42(19-5-1)59-51-26-10-11-27-52(51)60(43-20-6-2-7-21-43)54-40-44(36-39-53(54)59)41-34-37-46(38-35-41)61(45-22-8-3-9-23-45)55-32-16-29-50-49(55)28-17-33-58(50)62-56-30-14-12-24-47(56)48-25-13-15-31-57(48)62/h1-40H. The van der Waals surface area contributed by atoms with Crippen molar-refractivity contribution in [3.63, 3.8) is 0 Å². The third kappa shape index (κ3) is 5.80. The molecule has 11 aromatic carbocycles. The Morgan fingerprint density at radius 2 is 0.710 bits per heavy atom. The Hall–Kier alpha value is -8.20. The summed E-state index contributed by atoms with van der Waals surface area (Å²) in [6.07, 6.45) is 0. The highest BCUT2D eigenvalue weighted by molar-refractivity contribution is 6.22. The van der Waals surface area contributed by atoms with Crippen LogP contribution in [0.2, 0.25) is 0 Å². The van der Waals surface area contributed by atoms with Gasteiger partial charge in [0.1, 0.15) is 0 Å². The molecule has 0 N–H and O–H groups in total. The summed E-state index contributed by atoms with van der Waals surface area (Å²) >= 11 is 0. The Labute approximate surface area is 360 Å². The first-order valence-electron chi connectivity index (χ1n) is 21.4. The fourth-order valence-electron chi connectivity index (χ4n) is 9.85. The molecule has 0 saturated carbocycles. The molecule has 0 aliphatic carbocycles. The Morgan fingerprint density at radius 1 is 0.258 bits per heavy atom. The van der Waals surface area contributed by atoms with Crippen molar-refractivity contribution in [2.75, 3.05) is 4.90 Å². The predicted octanol–water partition coefficient (Wildman–Crippen LogP) is 16.7. The maximum Gasteiger partial charge on any atom is 0.0541 e. The fraction of sp³-hybridized carbons (Fsp3) is 0. The van der Waals surface area contributed by atoms with Crippen molar-refractivity contribution >= 4 is 71.2 Å². The Morgan fingerprint density at radius 3 is 1.34 bits per heavy atom. The van der Waals surface area contributed by atoms with E-state index in [9.17, 15) is 0 Å². The molecule has 2 heteroatoms. The number of benzene rings is 11. The van der Waals surface area contributed by atoms with Gasteiger partial charge in [0.05, 0.1) is 22.4 Å². The van der Waals surface area contributed by atoms with Crippen LogP contribution in [0.4, 0.5) is 17.1 Å². The molecule has 290 valence electrons. The third-order valence-corrected chi connectivity index (χ3v) is 12.6. The lowest BCUT2D eigenvalue weighted by atomic mass is 9.85. The van der Waals surface area contributed by atoms with Crippen molar-refractivity contribution in [1.82, 2.24) is 4.57 Å². The number of fused-ring (bicyclic) bond motifs is 6. The van der Waals surface area contributed by atoms with Gasteiger partial charge in [-0.25, -0.2) is 0 Å². The minimum absolute atomic E-state index is 1.10. The molecule has 0 unspecified atom stereocenters. The van der Waals surface area contributed by atoms with Gasteiger partial charge >= 0.3 is 0 Å². The molecule has 12 aromatic rings. The number of hydrogen-bond donors (Lipinski definition) is 0. The van der Waals surface area contributed by atoms with Crippen LogP contribution in [0, 0.1) is 0 Å². The van der Waals surface area contributed by atoms with Crippen LogP contribution in [0.15, 0.2) is 243 Å². The van der Waals surface area contributed by atoms with Gasteiger partial charge in [-0.3, -0.25) is 0 Å². The van der Waals surface area contributed by atoms with Crippen LogP contribution >= 0.6 is 0 Å². The number of aromatic nitrogens is 1. The first-order valence-corrected chi connectivity index (χ1v) is 21.4. The molecule has 0 saturated heterocycles. The predicted molar refractivity (Wildman–Crippen MR) is 264 cm³/mol. The zero-order valence-corrected chi connectivity index (χ0v) is 34.0. The third-order valence-electron chi connectivity index (χ3n) is 12.6. The van der Waals surface area contributed by atoms with Crippen LogP contribution < -0.4 is 4.90 Å². The molecule has 0 spiro atoms. The summed E-state index contributed by atoms with van der Waals surface area (Å²) in [7, 11) is 0. The van der Waals surface area contributed by atoms with Crippen molar-refractivity contribution in [2.24, 2.45) is 0 Å². The summed E-state index contributed by atoms with van der Waals surface area (Å²) in [6, 6.07) is 88.4. The fourth-order valence-corrected chi connectivity index (χ4v) is 9.85. The van der Waals surface area contributed by atoms with Crippen LogP contribution in [-0.2, 0) is 0 Å². The van der Waals surface area contributed by atoms with Crippen LogP contribution in [-0.4, -0.2) is 4.57 Å². The Balaban J connectivity index is 1.02. The summed E-state index contributed by atoms with van der Waals surface area (Å²) in [6.45, 7) is 0. The quantitative estimate of drug-likeness (QED) is 0.146. The van der Waals surface area contributed by atoms with Crippen molar-refractivity contribution in [3.05, 3.63) is 243 Å². The lowest BCUT2D eigenvalue weighted by Gasteiger charge is -2.27. The molecule has 12 rings (SSSR count). The number of nitrogens with zero attached hydrogens (tertiary/aromatic N) is 2. The smallest absolute Gasteiger partial charge is 0.0541 e. The van der Waals surface area contributed by atoms with Gasteiger partial charge in [0, 0.05) is 32.9 Å². The van der Waals surface area contributed by atoms with Gasteiger partial charge in [-0.1, -0.05) is 188 Å². The van der Waals surface area contributed by atoms with Crippen LogP contribution in [0.1, 0.15) is 0 Å². The van der Waals surface area contributed by atoms with E-state index < -0.39 is 0 Å². The van der Waals surface area contributed by atoms with Crippen molar-refractivity contribution in [2.45, 2.75) is 0 Å². The average molecular weight is 789 g/mol. The zero-order valence-electron chi connectivity index (χ0n) is 34.0. The van der Waals surface area contributed by atoms with E-state index in [0.717, 1.165) is 17.1 Å². The first-order chi connectivity index (χ1) is 30.8. The number of anilines is 3. The second kappa shape index (κ2) is 14.8. The second-order valence-electron chi connectivity index (χ2n) is 16.0. The molecular formula is C60H40N2. The van der Waals surface area contributed by atoms with E-state index in [4.69, 9.17) is 0 Å². The molecular weight excluding hydrogens is 749 g/mol. The largest absolute Gasteiger partial charge is 0.310 e. The van der Waals surface area contributed by atoms with E-state index in [2.05, 4.69) is 252 Å². The molecule has 0 aliphatic rings. The van der Waals surface area contributed by atoms with Gasteiger partial charge in [0.15, 0.2) is 0 Å². The summed E-state index contributed by atoms with van der Waals surface area (Å²) in [5.74, 6) is 0. The highest BCUT2D eigenvalue weighted by atomic mass is 15.1. The van der Waals surface area contributed by atoms with Crippen LogP contribution in [0.25, 0.3) is 93.2 Å². The summed E-state index contributed by atoms with van der Waals surface area (Å²) in [5, 5.41) is 9.92. The van der Waals surface area contributed by atoms with E-state index in [1.54, 1.807) is 0 Å². The molecule has 0 fully saturated rings. The molecule has 0 radical (unpaired) electrons. The molecule has 0 amide bonds. The Bertz CT molecular complexity index is 3550. The topological polar surface area (TPSA) is 8.17 Å². The molecule has 62 heavy (non-hydrogen) atoms. The first kappa shape index (κ1) is 35.7. The molecule has 1 heterocycles. The van der Waals surface area contributed by atoms with E-state index in [0.29, 0.717) is 0 Å². The Kier molecular flexibility index (Phi) is 8.53. The van der Waals surface area contributed by atoms with Gasteiger partial charge in [-0.15, -0.1) is 0 Å². The van der Waals surface area contributed by atoms with Gasteiger partial charge in [-0.05, 0) is 110 Å². The van der Waals surface area contributed by atoms with Gasteiger partial charge < -0.3 is 9.47 Å². The van der Waals surface area contributed by atoms with Gasteiger partial charge in [0.25, 0.3) is 0 Å². The van der Waals surface area contributed by atoms with Crippen molar-refractivity contribution in [1.29, 1.82) is 0 Å². The lowest BCUT2D eigenvalue weighted by molar-refractivity contribution is 1.20. The summed E-state index contributed by atoms with van der Waals surface area (Å²) in [5.41, 5.74) is 14.2. The SMILES string of the molecule is c1ccc(-c2c3ccccc3c(-c3ccccc3)c3cc(-c4ccc(N(c5ccccc5)c5cccc6c(-n7c8ccccc8c8ccccc87)cccc56)cc4)ccc23)cc1. The van der Waals surface area contributed by atoms with Crippen LogP contribution in [0.3, 0.4) is 0 Å². The minimum Gasteiger partial charge on any atom is -0.310 e. The molecule has 0 atom stereocenters. The van der Waals surface area contributed by atoms with Gasteiger partial charge in [0.2, 0.25) is 0 Å². The van der Waals surface area contributed by atoms with Crippen LogP contribution in [0.5, 0.6) is 0 Å². The van der Waals surface area contributed by atoms with Gasteiger partial charge in [-0.2, -0.15) is 0 Å². The van der Waals surface area contributed by atoms with Crippen molar-refractivity contribution < 1.29 is 0 Å². The van der Waals surface area contributed by atoms with E-state index in [1.807, 2.05) is 0 Å². The number of rotatable bonds is 7. The highest BCUT2D eigenvalue weighted by Crippen LogP contribution is 2.46. The summed E-state index contributed by atoms with van der Waals surface area (Å²) in [4.78, 5) is 2.40. The number of hydrogen-bond acceptors (Lipinski definition) is 1. The van der Waals surface area contributed by atoms with E-state index >= 15 is 0 Å². The summed E-state index contributed by atoms with van der Waals surface area (Å²) < 4.78 is 2.43. The molecule has 1 aromatic heterocycles. The second-order valence-corrected chi connectivity index (χ2v) is 16.0. The molecule has 2 nitrogen and oxygen atoms in total. The lowest BCUT2D eigenvalue weighted by Crippen LogP contribution is -2.10. The number of para-hydroxylation sites is 3. The van der Waals surface area contributed by atoms with E-state index in [1.165, 1.54) is 93.2 Å². The molecule has 0 aliphatic heterocycles.